The van der Waals surface area contributed by atoms with Crippen molar-refractivity contribution >= 4 is 11.8 Å². The van der Waals surface area contributed by atoms with Crippen LogP contribution in [-0.2, 0) is 9.59 Å². The number of halogens is 3. The van der Waals surface area contributed by atoms with Crippen LogP contribution in [0.5, 0.6) is 0 Å². The summed E-state index contributed by atoms with van der Waals surface area (Å²) in [5.41, 5.74) is 0. The van der Waals surface area contributed by atoms with E-state index in [2.05, 4.69) is 5.32 Å². The predicted octanol–water partition coefficient (Wildman–Crippen LogP) is 1.70. The van der Waals surface area contributed by atoms with Gasteiger partial charge in [-0.25, -0.2) is 0 Å². The van der Waals surface area contributed by atoms with Crippen LogP contribution >= 0.6 is 0 Å². The van der Waals surface area contributed by atoms with Crippen LogP contribution in [0.4, 0.5) is 13.2 Å². The lowest BCUT2D eigenvalue weighted by Gasteiger charge is -2.39. The summed E-state index contributed by atoms with van der Waals surface area (Å²) in [6.45, 7) is 3.91. The van der Waals surface area contributed by atoms with Gasteiger partial charge in [0.2, 0.25) is 11.8 Å². The molecule has 7 heteroatoms. The number of hydrogen-bond acceptors (Lipinski definition) is 2. The minimum Gasteiger partial charge on any atom is -0.342 e. The first-order valence-electron chi connectivity index (χ1n) is 6.33. The van der Waals surface area contributed by atoms with E-state index >= 15 is 0 Å². The third-order valence-electron chi connectivity index (χ3n) is 3.02. The number of nitrogens with zero attached hydrogens (tertiary/aromatic N) is 1. The molecule has 2 unspecified atom stereocenters. The molecule has 1 aliphatic rings. The van der Waals surface area contributed by atoms with E-state index in [1.165, 1.54) is 0 Å². The van der Waals surface area contributed by atoms with Crippen LogP contribution in [-0.4, -0.2) is 41.5 Å². The molecule has 0 aromatic rings. The van der Waals surface area contributed by atoms with E-state index in [4.69, 9.17) is 0 Å². The fourth-order valence-corrected chi connectivity index (χ4v) is 2.24. The van der Waals surface area contributed by atoms with E-state index in [0.29, 0.717) is 11.3 Å². The van der Waals surface area contributed by atoms with Crippen molar-refractivity contribution in [2.75, 3.05) is 6.54 Å². The van der Waals surface area contributed by atoms with Gasteiger partial charge in [0.15, 0.2) is 0 Å². The van der Waals surface area contributed by atoms with Crippen LogP contribution in [0, 0.1) is 5.92 Å². The first-order chi connectivity index (χ1) is 8.65. The Kier molecular flexibility index (Phi) is 4.81. The molecule has 110 valence electrons. The van der Waals surface area contributed by atoms with Crippen LogP contribution in [0.1, 0.15) is 33.6 Å². The summed E-state index contributed by atoms with van der Waals surface area (Å²) in [5, 5.41) is 2.52. The number of carbonyl (C=O) groups excluding carboxylic acids is 2. The lowest BCUT2D eigenvalue weighted by Crippen LogP contribution is -2.64. The summed E-state index contributed by atoms with van der Waals surface area (Å²) < 4.78 is 37.5. The second kappa shape index (κ2) is 5.79. The van der Waals surface area contributed by atoms with Crippen LogP contribution in [0.2, 0.25) is 0 Å². The minimum absolute atomic E-state index is 0.111. The second-order valence-electron chi connectivity index (χ2n) is 5.20. The Morgan fingerprint density at radius 2 is 1.89 bits per heavy atom. The zero-order valence-corrected chi connectivity index (χ0v) is 11.3. The van der Waals surface area contributed by atoms with Gasteiger partial charge in [-0.05, 0) is 18.8 Å². The highest BCUT2D eigenvalue weighted by Crippen LogP contribution is 2.23. The topological polar surface area (TPSA) is 49.4 Å². The molecule has 0 bridgehead atoms. The number of nitrogens with one attached hydrogen (secondary N) is 1. The Morgan fingerprint density at radius 3 is 2.32 bits per heavy atom. The second-order valence-corrected chi connectivity index (χ2v) is 5.20. The smallest absolute Gasteiger partial charge is 0.342 e. The summed E-state index contributed by atoms with van der Waals surface area (Å²) in [6, 6.07) is -1.88. The van der Waals surface area contributed by atoms with Gasteiger partial charge in [0.1, 0.15) is 18.6 Å². The average molecular weight is 280 g/mol. The highest BCUT2D eigenvalue weighted by atomic mass is 19.4. The molecule has 1 heterocycles. The first kappa shape index (κ1) is 15.8. The van der Waals surface area contributed by atoms with Gasteiger partial charge < -0.3 is 10.2 Å². The first-order valence-corrected chi connectivity index (χ1v) is 6.33. The Labute approximate surface area is 110 Å². The molecular weight excluding hydrogens is 261 g/mol. The zero-order chi connectivity index (χ0) is 14.8. The quantitative estimate of drug-likeness (QED) is 0.852. The van der Waals surface area contributed by atoms with Crippen molar-refractivity contribution in [2.24, 2.45) is 5.92 Å². The van der Waals surface area contributed by atoms with E-state index in [0.717, 1.165) is 0 Å². The summed E-state index contributed by atoms with van der Waals surface area (Å²) in [6.07, 6.45) is -3.99. The lowest BCUT2D eigenvalue weighted by molar-refractivity contribution is -0.174. The summed E-state index contributed by atoms with van der Waals surface area (Å²) >= 11 is 0. The van der Waals surface area contributed by atoms with Crippen molar-refractivity contribution < 1.29 is 22.8 Å². The van der Waals surface area contributed by atoms with Gasteiger partial charge in [-0.15, -0.1) is 0 Å². The Hall–Kier alpha value is -1.27. The Bertz CT molecular complexity index is 355. The van der Waals surface area contributed by atoms with E-state index in [9.17, 15) is 22.8 Å². The van der Waals surface area contributed by atoms with Gasteiger partial charge in [-0.1, -0.05) is 20.8 Å². The van der Waals surface area contributed by atoms with Gasteiger partial charge in [0.25, 0.3) is 0 Å². The largest absolute Gasteiger partial charge is 0.406 e. The lowest BCUT2D eigenvalue weighted by atomic mass is 9.97. The highest BCUT2D eigenvalue weighted by molar-refractivity contribution is 5.96. The molecule has 0 aromatic heterocycles. The summed E-state index contributed by atoms with van der Waals surface area (Å²) in [7, 11) is 0. The fraction of sp³-hybridized carbons (Fsp3) is 0.833. The molecule has 1 aliphatic heterocycles. The van der Waals surface area contributed by atoms with Crippen LogP contribution in [0.15, 0.2) is 0 Å². The van der Waals surface area contributed by atoms with E-state index in [-0.39, 0.29) is 12.3 Å². The maximum Gasteiger partial charge on any atom is 0.406 e. The molecule has 0 aromatic carbocycles. The average Bonchev–Trinajstić information content (AvgIpc) is 2.23. The van der Waals surface area contributed by atoms with E-state index in [1.54, 1.807) is 6.92 Å². The Balaban J connectivity index is 2.92. The maximum absolute atomic E-state index is 12.5. The minimum atomic E-state index is -4.50. The standard InChI is InChI=1S/C12H19F3N2O2/c1-4-9-10(18)16-8(5-7(2)3)11(19)17(9)6-12(13,14)15/h7-9H,4-6H2,1-3H3,(H,16,18). The number of amides is 2. The van der Waals surface area contributed by atoms with Crippen molar-refractivity contribution in [2.45, 2.75) is 51.9 Å². The van der Waals surface area contributed by atoms with Gasteiger partial charge in [0.05, 0.1) is 0 Å². The molecule has 0 aliphatic carbocycles. The molecule has 1 fully saturated rings. The van der Waals surface area contributed by atoms with Gasteiger partial charge in [-0.2, -0.15) is 13.2 Å². The molecule has 19 heavy (non-hydrogen) atoms. The number of hydrogen-bond donors (Lipinski definition) is 1. The molecule has 2 amide bonds. The molecule has 0 saturated carbocycles. The van der Waals surface area contributed by atoms with Gasteiger partial charge >= 0.3 is 6.18 Å². The van der Waals surface area contributed by atoms with Crippen LogP contribution in [0.3, 0.4) is 0 Å². The van der Waals surface area contributed by atoms with E-state index in [1.807, 2.05) is 13.8 Å². The monoisotopic (exact) mass is 280 g/mol. The number of carbonyl (C=O) groups is 2. The maximum atomic E-state index is 12.5. The van der Waals surface area contributed by atoms with Crippen molar-refractivity contribution in [3.05, 3.63) is 0 Å². The third kappa shape index (κ3) is 4.11. The number of alkyl halides is 3. The molecule has 1 rings (SSSR count). The molecule has 0 spiro atoms. The molecule has 4 nitrogen and oxygen atoms in total. The van der Waals surface area contributed by atoms with Crippen molar-refractivity contribution in [3.63, 3.8) is 0 Å². The van der Waals surface area contributed by atoms with Crippen molar-refractivity contribution in [3.8, 4) is 0 Å². The van der Waals surface area contributed by atoms with Crippen LogP contribution in [0.25, 0.3) is 0 Å². The van der Waals surface area contributed by atoms with Crippen molar-refractivity contribution in [1.29, 1.82) is 0 Å². The third-order valence-corrected chi connectivity index (χ3v) is 3.02. The zero-order valence-electron chi connectivity index (χ0n) is 11.3. The molecule has 0 radical (unpaired) electrons. The molecule has 1 N–H and O–H groups in total. The number of piperazine rings is 1. The Morgan fingerprint density at radius 1 is 1.32 bits per heavy atom. The fourth-order valence-electron chi connectivity index (χ4n) is 2.24. The molecular formula is C12H19F3N2O2. The molecule has 2 atom stereocenters. The normalized spacial score (nSPS) is 24.9. The SMILES string of the molecule is CCC1C(=O)NC(CC(C)C)C(=O)N1CC(F)(F)F. The van der Waals surface area contributed by atoms with E-state index < -0.39 is 36.6 Å². The van der Waals surface area contributed by atoms with Crippen LogP contribution < -0.4 is 5.32 Å². The number of rotatable bonds is 4. The van der Waals surface area contributed by atoms with Gasteiger partial charge in [-0.3, -0.25) is 9.59 Å². The summed E-state index contributed by atoms with van der Waals surface area (Å²) in [4.78, 5) is 24.5. The predicted molar refractivity (Wildman–Crippen MR) is 63.2 cm³/mol. The van der Waals surface area contributed by atoms with Gasteiger partial charge in [0, 0.05) is 0 Å². The van der Waals surface area contributed by atoms with Crippen molar-refractivity contribution in [1.82, 2.24) is 10.2 Å². The molecule has 1 saturated heterocycles. The summed E-state index contributed by atoms with van der Waals surface area (Å²) in [5.74, 6) is -1.03. The highest BCUT2D eigenvalue weighted by Gasteiger charge is 2.44.